The highest BCUT2D eigenvalue weighted by Gasteiger charge is 2.33. The number of anilines is 2. The number of carbonyl (C=O) groups excluding carboxylic acids is 2. The van der Waals surface area contributed by atoms with E-state index in [1.165, 1.54) is 18.2 Å². The van der Waals surface area contributed by atoms with Gasteiger partial charge in [0.15, 0.2) is 0 Å². The number of ether oxygens (including phenoxy) is 5. The third-order valence-electron chi connectivity index (χ3n) is 7.88. The monoisotopic (exact) mass is 662 g/mol. The van der Waals surface area contributed by atoms with Gasteiger partial charge in [-0.2, -0.15) is 0 Å². The number of fused-ring (bicyclic) bond motifs is 1. The van der Waals surface area contributed by atoms with Gasteiger partial charge >= 0.3 is 12.1 Å². The summed E-state index contributed by atoms with van der Waals surface area (Å²) in [6, 6.07) is 18.4. The third-order valence-corrected chi connectivity index (χ3v) is 7.88. The number of nitro benzene ring substituents is 1. The largest absolute Gasteiger partial charge is 0.463 e. The molecule has 256 valence electrons. The van der Waals surface area contributed by atoms with Crippen LogP contribution in [-0.4, -0.2) is 60.6 Å². The molecule has 2 N–H and O–H groups in total. The number of rotatable bonds is 16. The number of benzene rings is 3. The molecule has 3 aromatic rings. The summed E-state index contributed by atoms with van der Waals surface area (Å²) in [4.78, 5) is 37.0. The molecule has 5 rings (SSSR count). The number of nitro groups is 1. The number of amides is 3. The predicted octanol–water partition coefficient (Wildman–Crippen LogP) is 7.17. The van der Waals surface area contributed by atoms with Gasteiger partial charge in [0.2, 0.25) is 5.79 Å². The highest BCUT2D eigenvalue weighted by molar-refractivity contribution is 5.99. The van der Waals surface area contributed by atoms with E-state index in [-0.39, 0.29) is 17.9 Å². The number of cyclic esters (lactones) is 1. The molecule has 2 aliphatic rings. The van der Waals surface area contributed by atoms with Crippen molar-refractivity contribution in [3.8, 4) is 5.75 Å². The predicted molar refractivity (Wildman–Crippen MR) is 178 cm³/mol. The van der Waals surface area contributed by atoms with Crippen LogP contribution in [0.2, 0.25) is 0 Å². The zero-order valence-corrected chi connectivity index (χ0v) is 27.3. The SMILES string of the molecule is CC1(C)OCc2cc([C@@H]3CN(CCCCCCOCCOCc4cccc(NC(=O)Nc5cccc([N+](=O)[O-])c5)c4)C(=O)O3)ccc2O1. The van der Waals surface area contributed by atoms with Crippen LogP contribution >= 0.6 is 0 Å². The molecule has 1 fully saturated rings. The maximum Gasteiger partial charge on any atom is 0.410 e. The molecule has 0 spiro atoms. The highest BCUT2D eigenvalue weighted by atomic mass is 16.7. The fourth-order valence-electron chi connectivity index (χ4n) is 5.42. The van der Waals surface area contributed by atoms with E-state index in [0.717, 1.165) is 48.1 Å². The molecular formula is C35H42N4O9. The van der Waals surface area contributed by atoms with E-state index < -0.39 is 16.7 Å². The van der Waals surface area contributed by atoms with Crippen molar-refractivity contribution in [1.29, 1.82) is 0 Å². The Morgan fingerprint density at radius 3 is 2.52 bits per heavy atom. The molecule has 1 saturated heterocycles. The van der Waals surface area contributed by atoms with E-state index in [1.807, 2.05) is 44.2 Å². The Hall–Kier alpha value is -4.72. The van der Waals surface area contributed by atoms with Gasteiger partial charge in [0.25, 0.3) is 5.69 Å². The Kier molecular flexibility index (Phi) is 11.8. The number of unbranched alkanes of at least 4 members (excludes halogenated alkanes) is 3. The Morgan fingerprint density at radius 1 is 0.958 bits per heavy atom. The van der Waals surface area contributed by atoms with Crippen LogP contribution in [0.15, 0.2) is 66.7 Å². The van der Waals surface area contributed by atoms with Crippen molar-refractivity contribution in [2.45, 2.75) is 64.6 Å². The molecule has 0 saturated carbocycles. The van der Waals surface area contributed by atoms with Gasteiger partial charge in [0.05, 0.1) is 37.9 Å². The molecule has 48 heavy (non-hydrogen) atoms. The minimum absolute atomic E-state index is 0.105. The first-order valence-corrected chi connectivity index (χ1v) is 16.1. The highest BCUT2D eigenvalue weighted by Crippen LogP contribution is 2.35. The van der Waals surface area contributed by atoms with Crippen LogP contribution in [0.3, 0.4) is 0 Å². The fourth-order valence-corrected chi connectivity index (χ4v) is 5.42. The van der Waals surface area contributed by atoms with Crippen molar-refractivity contribution in [2.75, 3.05) is 43.5 Å². The van der Waals surface area contributed by atoms with E-state index in [9.17, 15) is 19.7 Å². The van der Waals surface area contributed by atoms with Crippen molar-refractivity contribution in [3.63, 3.8) is 0 Å². The quantitative estimate of drug-likeness (QED) is 0.0924. The molecule has 0 aliphatic carbocycles. The lowest BCUT2D eigenvalue weighted by Gasteiger charge is -2.32. The molecule has 2 aliphatic heterocycles. The summed E-state index contributed by atoms with van der Waals surface area (Å²) >= 11 is 0. The lowest BCUT2D eigenvalue weighted by Crippen LogP contribution is -2.35. The molecule has 1 atom stereocenters. The summed E-state index contributed by atoms with van der Waals surface area (Å²) in [6.45, 7) is 7.33. The Bertz CT molecular complexity index is 1580. The first kappa shape index (κ1) is 34.6. The van der Waals surface area contributed by atoms with Crippen molar-refractivity contribution in [1.82, 2.24) is 4.90 Å². The molecule has 0 bridgehead atoms. The molecule has 0 unspecified atom stereocenters. The summed E-state index contributed by atoms with van der Waals surface area (Å²) in [5, 5.41) is 16.3. The normalized spacial score (nSPS) is 16.5. The molecule has 3 aromatic carbocycles. The lowest BCUT2D eigenvalue weighted by atomic mass is 10.0. The molecule has 2 heterocycles. The van der Waals surface area contributed by atoms with Gasteiger partial charge in [0.1, 0.15) is 11.9 Å². The van der Waals surface area contributed by atoms with E-state index in [1.54, 1.807) is 23.1 Å². The Balaban J connectivity index is 0.894. The van der Waals surface area contributed by atoms with Crippen LogP contribution in [0, 0.1) is 10.1 Å². The lowest BCUT2D eigenvalue weighted by molar-refractivity contribution is -0.384. The average Bonchev–Trinajstić information content (AvgIpc) is 3.43. The smallest absolute Gasteiger partial charge is 0.410 e. The van der Waals surface area contributed by atoms with Crippen LogP contribution in [0.4, 0.5) is 26.7 Å². The summed E-state index contributed by atoms with van der Waals surface area (Å²) in [6.07, 6.45) is 3.25. The fraction of sp³-hybridized carbons (Fsp3) is 0.429. The van der Waals surface area contributed by atoms with Crippen LogP contribution in [0.25, 0.3) is 0 Å². The van der Waals surface area contributed by atoms with Crippen LogP contribution in [-0.2, 0) is 32.2 Å². The van der Waals surface area contributed by atoms with E-state index >= 15 is 0 Å². The molecular weight excluding hydrogens is 620 g/mol. The summed E-state index contributed by atoms with van der Waals surface area (Å²) in [5.74, 6) is 0.155. The van der Waals surface area contributed by atoms with E-state index in [2.05, 4.69) is 10.6 Å². The Labute approximate surface area is 279 Å². The van der Waals surface area contributed by atoms with E-state index in [4.69, 9.17) is 23.7 Å². The van der Waals surface area contributed by atoms with Crippen molar-refractivity contribution < 1.29 is 38.2 Å². The second kappa shape index (κ2) is 16.4. The number of urea groups is 1. The second-order valence-electron chi connectivity index (χ2n) is 12.1. The van der Waals surface area contributed by atoms with E-state index in [0.29, 0.717) is 57.5 Å². The van der Waals surface area contributed by atoms with Crippen LogP contribution in [0.1, 0.15) is 62.3 Å². The minimum Gasteiger partial charge on any atom is -0.463 e. The third kappa shape index (κ3) is 10.1. The van der Waals surface area contributed by atoms with Crippen molar-refractivity contribution in [2.24, 2.45) is 0 Å². The van der Waals surface area contributed by atoms with Gasteiger partial charge in [-0.25, -0.2) is 9.59 Å². The number of carbonyl (C=O) groups is 2. The average molecular weight is 663 g/mol. The Morgan fingerprint density at radius 2 is 1.71 bits per heavy atom. The van der Waals surface area contributed by atoms with Crippen molar-refractivity contribution >= 4 is 29.2 Å². The van der Waals surface area contributed by atoms with Gasteiger partial charge in [-0.15, -0.1) is 0 Å². The molecule has 3 amide bonds. The first-order chi connectivity index (χ1) is 23.1. The van der Waals surface area contributed by atoms with Gasteiger partial charge in [-0.05, 0) is 54.3 Å². The summed E-state index contributed by atoms with van der Waals surface area (Å²) in [5.41, 5.74) is 3.58. The van der Waals surface area contributed by atoms with Crippen LogP contribution < -0.4 is 15.4 Å². The standard InChI is InChI=1S/C35H42N4O9/c1-35(2)46-24-27-20-26(13-14-31(27)48-35)32-22-38(34(41)47-32)15-5-3-4-6-16-44-17-18-45-23-25-9-7-10-28(19-25)36-33(40)37-29-11-8-12-30(21-29)39(42)43/h7-14,19-21,32H,3-6,15-18,22-24H2,1-2H3,(H2,36,37,40)/t32-/m0/s1. The zero-order valence-electron chi connectivity index (χ0n) is 27.3. The maximum atomic E-state index is 12.4. The van der Waals surface area contributed by atoms with Gasteiger partial charge in [-0.3, -0.25) is 10.1 Å². The molecule has 0 aromatic heterocycles. The topological polar surface area (TPSA) is 151 Å². The number of non-ortho nitro benzene ring substituents is 1. The van der Waals surface area contributed by atoms with Gasteiger partial charge < -0.3 is 39.2 Å². The molecule has 0 radical (unpaired) electrons. The second-order valence-corrected chi connectivity index (χ2v) is 12.1. The number of nitrogens with zero attached hydrogens (tertiary/aromatic N) is 2. The van der Waals surface area contributed by atoms with Gasteiger partial charge in [0, 0.05) is 56.1 Å². The number of nitrogens with one attached hydrogen (secondary N) is 2. The number of hydrogen-bond acceptors (Lipinski definition) is 9. The van der Waals surface area contributed by atoms with Crippen molar-refractivity contribution in [3.05, 3.63) is 93.5 Å². The zero-order chi connectivity index (χ0) is 33.9. The molecule has 13 heteroatoms. The minimum atomic E-state index is -0.647. The van der Waals surface area contributed by atoms with Gasteiger partial charge in [-0.1, -0.05) is 37.1 Å². The maximum absolute atomic E-state index is 12.4. The molecule has 13 nitrogen and oxygen atoms in total. The number of hydrogen-bond donors (Lipinski definition) is 2. The summed E-state index contributed by atoms with van der Waals surface area (Å²) < 4.78 is 28.7. The summed E-state index contributed by atoms with van der Waals surface area (Å²) in [7, 11) is 0. The van der Waals surface area contributed by atoms with Crippen LogP contribution in [0.5, 0.6) is 5.75 Å². The first-order valence-electron chi connectivity index (χ1n) is 16.1.